The Balaban J connectivity index is 1.75. The minimum absolute atomic E-state index is 0.680. The molecule has 2 aromatic carbocycles. The molecule has 0 N–H and O–H groups in total. The van der Waals surface area contributed by atoms with Gasteiger partial charge in [0, 0.05) is 6.07 Å². The number of ether oxygens (including phenoxy) is 1. The van der Waals surface area contributed by atoms with Gasteiger partial charge in [0.1, 0.15) is 5.75 Å². The molecular formula is C16H15N5O. The third kappa shape index (κ3) is 2.00. The molecule has 6 heteroatoms. The first-order chi connectivity index (χ1) is 10.7. The normalized spacial score (nSPS) is 15.5. The number of benzene rings is 2. The van der Waals surface area contributed by atoms with E-state index in [2.05, 4.69) is 29.5 Å². The molecule has 2 heterocycles. The fourth-order valence-corrected chi connectivity index (χ4v) is 2.61. The Morgan fingerprint density at radius 1 is 1.09 bits per heavy atom. The van der Waals surface area contributed by atoms with E-state index >= 15 is 0 Å². The topological polar surface area (TPSA) is 52.8 Å². The van der Waals surface area contributed by atoms with Crippen LogP contribution in [-0.4, -0.2) is 18.1 Å². The van der Waals surface area contributed by atoms with Crippen molar-refractivity contribution >= 4 is 17.3 Å². The molecule has 4 rings (SSSR count). The molecule has 0 radical (unpaired) electrons. The molecule has 0 unspecified atom stereocenters. The van der Waals surface area contributed by atoms with E-state index < -0.39 is 0 Å². The van der Waals surface area contributed by atoms with Crippen LogP contribution in [0.2, 0.25) is 0 Å². The van der Waals surface area contributed by atoms with Crippen LogP contribution in [-0.2, 0) is 6.54 Å². The van der Waals surface area contributed by atoms with Gasteiger partial charge in [0.15, 0.2) is 0 Å². The molecule has 0 spiro atoms. The molecule has 2 aliphatic heterocycles. The fourth-order valence-electron chi connectivity index (χ4n) is 2.61. The van der Waals surface area contributed by atoms with Crippen molar-refractivity contribution < 1.29 is 4.74 Å². The van der Waals surface area contributed by atoms with Crippen molar-refractivity contribution in [2.75, 3.05) is 12.1 Å². The standard InChI is InChI=1S/C16H15N5O/c1-11-6-7-15-12(8-11)10-20-16(17-15)21(19-18-20)13-4-3-5-14(9-13)22-2/h3-9H,10H2,1-2H3. The zero-order valence-corrected chi connectivity index (χ0v) is 12.4. The molecule has 0 atom stereocenters. The number of aryl methyl sites for hydroxylation is 1. The SMILES string of the molecule is COc1cccc(N2N=NN3Cc4cc(C)ccc4N=C32)c1. The highest BCUT2D eigenvalue weighted by Gasteiger charge is 2.31. The van der Waals surface area contributed by atoms with Crippen LogP contribution in [0.1, 0.15) is 11.1 Å². The van der Waals surface area contributed by atoms with Crippen LogP contribution in [0.15, 0.2) is 57.9 Å². The molecule has 6 nitrogen and oxygen atoms in total. The van der Waals surface area contributed by atoms with Crippen molar-refractivity contribution in [3.63, 3.8) is 0 Å². The van der Waals surface area contributed by atoms with Crippen molar-refractivity contribution in [1.29, 1.82) is 0 Å². The molecule has 22 heavy (non-hydrogen) atoms. The number of guanidine groups is 1. The van der Waals surface area contributed by atoms with E-state index in [4.69, 9.17) is 9.73 Å². The van der Waals surface area contributed by atoms with Gasteiger partial charge >= 0.3 is 0 Å². The summed E-state index contributed by atoms with van der Waals surface area (Å²) in [5.74, 6) is 1.49. The fraction of sp³-hybridized carbons (Fsp3) is 0.188. The summed E-state index contributed by atoms with van der Waals surface area (Å²) in [5.41, 5.74) is 4.23. The Bertz CT molecular complexity index is 799. The van der Waals surface area contributed by atoms with Gasteiger partial charge in [-0.25, -0.2) is 10.0 Å². The largest absolute Gasteiger partial charge is 0.497 e. The van der Waals surface area contributed by atoms with E-state index in [9.17, 15) is 0 Å². The molecule has 0 amide bonds. The molecule has 0 bridgehead atoms. The summed E-state index contributed by atoms with van der Waals surface area (Å²) < 4.78 is 5.27. The number of methoxy groups -OCH3 is 1. The molecule has 0 aliphatic carbocycles. The maximum absolute atomic E-state index is 5.27. The molecule has 2 aliphatic rings. The summed E-state index contributed by atoms with van der Waals surface area (Å²) in [7, 11) is 1.65. The van der Waals surface area contributed by atoms with Crippen LogP contribution in [0.25, 0.3) is 0 Å². The Hall–Kier alpha value is -2.89. The van der Waals surface area contributed by atoms with Crippen molar-refractivity contribution in [3.05, 3.63) is 53.6 Å². The minimum atomic E-state index is 0.680. The van der Waals surface area contributed by atoms with Crippen LogP contribution in [0, 0.1) is 6.92 Å². The van der Waals surface area contributed by atoms with E-state index in [0.717, 1.165) is 22.7 Å². The van der Waals surface area contributed by atoms with Gasteiger partial charge in [-0.3, -0.25) is 0 Å². The van der Waals surface area contributed by atoms with Gasteiger partial charge in [-0.2, -0.15) is 5.01 Å². The van der Waals surface area contributed by atoms with Gasteiger partial charge < -0.3 is 4.74 Å². The van der Waals surface area contributed by atoms with Gasteiger partial charge in [-0.1, -0.05) is 23.8 Å². The highest BCUT2D eigenvalue weighted by Crippen LogP contribution is 2.33. The lowest BCUT2D eigenvalue weighted by molar-refractivity contribution is 0.415. The number of rotatable bonds is 2. The van der Waals surface area contributed by atoms with Crippen LogP contribution in [0.3, 0.4) is 0 Å². The Morgan fingerprint density at radius 3 is 2.86 bits per heavy atom. The molecule has 110 valence electrons. The van der Waals surface area contributed by atoms with Crippen LogP contribution in [0.4, 0.5) is 11.4 Å². The summed E-state index contributed by atoms with van der Waals surface area (Å²) in [4.78, 5) is 4.70. The average Bonchev–Trinajstić information content (AvgIpc) is 2.95. The lowest BCUT2D eigenvalue weighted by Gasteiger charge is -2.23. The second kappa shape index (κ2) is 4.84. The van der Waals surface area contributed by atoms with Crippen LogP contribution >= 0.6 is 0 Å². The van der Waals surface area contributed by atoms with Crippen molar-refractivity contribution in [3.8, 4) is 5.75 Å². The molecule has 0 saturated carbocycles. The smallest absolute Gasteiger partial charge is 0.251 e. The predicted octanol–water partition coefficient (Wildman–Crippen LogP) is 3.61. The summed E-state index contributed by atoms with van der Waals surface area (Å²) in [6.45, 7) is 2.76. The number of aliphatic imine (C=N–C) groups is 1. The summed E-state index contributed by atoms with van der Waals surface area (Å²) in [6, 6.07) is 13.9. The zero-order chi connectivity index (χ0) is 15.1. The van der Waals surface area contributed by atoms with Gasteiger partial charge in [-0.15, -0.1) is 0 Å². The van der Waals surface area contributed by atoms with Crippen molar-refractivity contribution in [1.82, 2.24) is 5.01 Å². The summed E-state index contributed by atoms with van der Waals surface area (Å²) in [5, 5.41) is 12.0. The van der Waals surface area contributed by atoms with Crippen molar-refractivity contribution in [2.45, 2.75) is 13.5 Å². The Morgan fingerprint density at radius 2 is 2.00 bits per heavy atom. The lowest BCUT2D eigenvalue weighted by Crippen LogP contribution is -2.34. The van der Waals surface area contributed by atoms with Crippen LogP contribution in [0.5, 0.6) is 5.75 Å². The van der Waals surface area contributed by atoms with E-state index in [1.54, 1.807) is 17.1 Å². The predicted molar refractivity (Wildman–Crippen MR) is 84.1 cm³/mol. The quantitative estimate of drug-likeness (QED) is 0.850. The van der Waals surface area contributed by atoms with Gasteiger partial charge in [-0.05, 0) is 41.1 Å². The maximum atomic E-state index is 5.27. The Kier molecular flexibility index (Phi) is 2.82. The third-order valence-electron chi connectivity index (χ3n) is 3.73. The number of anilines is 1. The summed E-state index contributed by atoms with van der Waals surface area (Å²) in [6.07, 6.45) is 0. The summed E-state index contributed by atoms with van der Waals surface area (Å²) >= 11 is 0. The second-order valence-corrected chi connectivity index (χ2v) is 5.29. The van der Waals surface area contributed by atoms with Gasteiger partial charge in [0.05, 0.1) is 25.0 Å². The third-order valence-corrected chi connectivity index (χ3v) is 3.73. The van der Waals surface area contributed by atoms with E-state index in [-0.39, 0.29) is 0 Å². The Labute approximate surface area is 128 Å². The second-order valence-electron chi connectivity index (χ2n) is 5.29. The molecule has 0 fully saturated rings. The monoisotopic (exact) mass is 293 g/mol. The first-order valence-electron chi connectivity index (χ1n) is 7.06. The minimum Gasteiger partial charge on any atom is -0.497 e. The molecule has 0 aromatic heterocycles. The highest BCUT2D eigenvalue weighted by molar-refractivity contribution is 5.99. The highest BCUT2D eigenvalue weighted by atomic mass is 16.5. The maximum Gasteiger partial charge on any atom is 0.251 e. The van der Waals surface area contributed by atoms with Gasteiger partial charge in [0.25, 0.3) is 5.96 Å². The average molecular weight is 293 g/mol. The molecule has 2 aromatic rings. The molecular weight excluding hydrogens is 278 g/mol. The number of hydrogen-bond donors (Lipinski definition) is 0. The number of fused-ring (bicyclic) bond motifs is 2. The number of nitrogens with zero attached hydrogens (tertiary/aromatic N) is 5. The first kappa shape index (κ1) is 12.8. The van der Waals surface area contributed by atoms with E-state index in [0.29, 0.717) is 12.5 Å². The lowest BCUT2D eigenvalue weighted by atomic mass is 10.1. The van der Waals surface area contributed by atoms with Crippen molar-refractivity contribution in [2.24, 2.45) is 15.4 Å². The number of hydrogen-bond acceptors (Lipinski definition) is 6. The molecule has 0 saturated heterocycles. The first-order valence-corrected chi connectivity index (χ1v) is 7.06. The van der Waals surface area contributed by atoms with Gasteiger partial charge in [0.2, 0.25) is 0 Å². The van der Waals surface area contributed by atoms with Crippen LogP contribution < -0.4 is 9.75 Å². The van der Waals surface area contributed by atoms with E-state index in [1.807, 2.05) is 30.3 Å². The van der Waals surface area contributed by atoms with E-state index in [1.165, 1.54) is 5.56 Å². The zero-order valence-electron chi connectivity index (χ0n) is 12.4.